The van der Waals surface area contributed by atoms with Crippen LogP contribution >= 0.6 is 0 Å². The second-order valence-corrected chi connectivity index (χ2v) is 12.8. The van der Waals surface area contributed by atoms with Gasteiger partial charge in [0.2, 0.25) is 0 Å². The predicted molar refractivity (Wildman–Crippen MR) is 209 cm³/mol. The van der Waals surface area contributed by atoms with E-state index >= 15 is 0 Å². The van der Waals surface area contributed by atoms with E-state index in [4.69, 9.17) is 15.0 Å². The van der Waals surface area contributed by atoms with E-state index in [1.165, 1.54) is 32.5 Å². The Kier molecular flexibility index (Phi) is 6.49. The molecule has 0 spiro atoms. The van der Waals surface area contributed by atoms with Gasteiger partial charge in [-0.05, 0) is 56.9 Å². The third kappa shape index (κ3) is 4.56. The van der Waals surface area contributed by atoms with Crippen molar-refractivity contribution in [2.24, 2.45) is 0 Å². The zero-order valence-corrected chi connectivity index (χ0v) is 27.1. The number of rotatable bonds is 4. The SMILES string of the molecule is c1ccc(-c2cccc(-c3nc(-c4cccc(-c5nc6ccccc6c6c7ccccc7c7ccccc7c56)c4)nc4ccccc34)c2)cc1. The lowest BCUT2D eigenvalue weighted by Crippen LogP contribution is -1.96. The molecule has 0 fully saturated rings. The van der Waals surface area contributed by atoms with Gasteiger partial charge < -0.3 is 0 Å². The van der Waals surface area contributed by atoms with Crippen LogP contribution in [-0.4, -0.2) is 15.0 Å². The van der Waals surface area contributed by atoms with Crippen molar-refractivity contribution in [3.63, 3.8) is 0 Å². The Bertz CT molecular complexity index is 2930. The lowest BCUT2D eigenvalue weighted by atomic mass is 9.90. The van der Waals surface area contributed by atoms with Crippen LogP contribution in [0.2, 0.25) is 0 Å². The van der Waals surface area contributed by atoms with Gasteiger partial charge in [-0.3, -0.25) is 0 Å². The molecule has 0 saturated carbocycles. The summed E-state index contributed by atoms with van der Waals surface area (Å²) in [4.78, 5) is 15.8. The van der Waals surface area contributed by atoms with E-state index in [-0.39, 0.29) is 0 Å². The van der Waals surface area contributed by atoms with Gasteiger partial charge in [-0.2, -0.15) is 0 Å². The Balaban J connectivity index is 1.21. The first-order valence-electron chi connectivity index (χ1n) is 17.0. The summed E-state index contributed by atoms with van der Waals surface area (Å²) in [7, 11) is 0. The smallest absolute Gasteiger partial charge is 0.160 e. The van der Waals surface area contributed by atoms with Crippen LogP contribution in [0.1, 0.15) is 0 Å². The first-order chi connectivity index (χ1) is 24.8. The van der Waals surface area contributed by atoms with Crippen molar-refractivity contribution < 1.29 is 0 Å². The molecule has 0 unspecified atom stereocenters. The molecule has 0 N–H and O–H groups in total. The van der Waals surface area contributed by atoms with E-state index in [0.717, 1.165) is 60.8 Å². The molecule has 0 aliphatic rings. The highest BCUT2D eigenvalue weighted by atomic mass is 14.9. The van der Waals surface area contributed by atoms with Crippen molar-refractivity contribution in [3.8, 4) is 45.0 Å². The first-order valence-corrected chi connectivity index (χ1v) is 17.0. The van der Waals surface area contributed by atoms with Gasteiger partial charge in [-0.1, -0.05) is 152 Å². The zero-order valence-electron chi connectivity index (χ0n) is 27.1. The topological polar surface area (TPSA) is 38.7 Å². The average molecular weight is 636 g/mol. The Hall–Kier alpha value is -6.71. The predicted octanol–water partition coefficient (Wildman–Crippen LogP) is 12.3. The summed E-state index contributed by atoms with van der Waals surface area (Å²) >= 11 is 0. The maximum Gasteiger partial charge on any atom is 0.160 e. The van der Waals surface area contributed by atoms with Gasteiger partial charge in [-0.15, -0.1) is 0 Å². The fraction of sp³-hybridized carbons (Fsp3) is 0. The van der Waals surface area contributed by atoms with E-state index in [0.29, 0.717) is 5.82 Å². The lowest BCUT2D eigenvalue weighted by Gasteiger charge is -2.16. The normalized spacial score (nSPS) is 11.6. The minimum Gasteiger partial charge on any atom is -0.247 e. The minimum atomic E-state index is 0.686. The van der Waals surface area contributed by atoms with Gasteiger partial charge in [0.1, 0.15) is 0 Å². The lowest BCUT2D eigenvalue weighted by molar-refractivity contribution is 1.23. The van der Waals surface area contributed by atoms with Gasteiger partial charge in [-0.25, -0.2) is 15.0 Å². The molecule has 2 aromatic heterocycles. The molecule has 0 aliphatic carbocycles. The molecule has 2 heterocycles. The molecule has 3 nitrogen and oxygen atoms in total. The van der Waals surface area contributed by atoms with Crippen molar-refractivity contribution in [1.82, 2.24) is 15.0 Å². The first kappa shape index (κ1) is 28.3. The van der Waals surface area contributed by atoms with Crippen molar-refractivity contribution in [3.05, 3.63) is 176 Å². The maximum atomic E-state index is 5.38. The Morgan fingerprint density at radius 1 is 0.260 bits per heavy atom. The second-order valence-electron chi connectivity index (χ2n) is 12.8. The third-order valence-electron chi connectivity index (χ3n) is 9.82. The molecule has 0 saturated heterocycles. The summed E-state index contributed by atoms with van der Waals surface area (Å²) in [5.41, 5.74) is 9.13. The molecule has 3 heteroatoms. The molecule has 10 aromatic rings. The van der Waals surface area contributed by atoms with Crippen molar-refractivity contribution in [2.45, 2.75) is 0 Å². The number of hydrogen-bond donors (Lipinski definition) is 0. The molecular weight excluding hydrogens is 607 g/mol. The van der Waals surface area contributed by atoms with Crippen LogP contribution < -0.4 is 0 Å². The van der Waals surface area contributed by atoms with E-state index in [2.05, 4.69) is 164 Å². The Morgan fingerprint density at radius 2 is 0.740 bits per heavy atom. The summed E-state index contributed by atoms with van der Waals surface area (Å²) in [6.45, 7) is 0. The van der Waals surface area contributed by atoms with E-state index < -0.39 is 0 Å². The third-order valence-corrected chi connectivity index (χ3v) is 9.82. The molecule has 10 rings (SSSR count). The van der Waals surface area contributed by atoms with Crippen LogP contribution in [0.4, 0.5) is 0 Å². The summed E-state index contributed by atoms with van der Waals surface area (Å²) in [5, 5.41) is 9.48. The van der Waals surface area contributed by atoms with Crippen LogP contribution in [0.15, 0.2) is 176 Å². The highest BCUT2D eigenvalue weighted by Gasteiger charge is 2.19. The van der Waals surface area contributed by atoms with E-state index in [9.17, 15) is 0 Å². The second kappa shape index (κ2) is 11.5. The molecule has 232 valence electrons. The quantitative estimate of drug-likeness (QED) is 0.181. The molecule has 0 radical (unpaired) electrons. The summed E-state index contributed by atoms with van der Waals surface area (Å²) < 4.78 is 0. The van der Waals surface area contributed by atoms with Crippen molar-refractivity contribution in [2.75, 3.05) is 0 Å². The Labute approximate surface area is 289 Å². The molecular formula is C47H29N3. The number of benzene rings is 8. The molecule has 0 atom stereocenters. The van der Waals surface area contributed by atoms with Crippen LogP contribution in [0, 0.1) is 0 Å². The van der Waals surface area contributed by atoms with Gasteiger partial charge in [0, 0.05) is 38.2 Å². The van der Waals surface area contributed by atoms with Gasteiger partial charge in [0.15, 0.2) is 5.82 Å². The highest BCUT2D eigenvalue weighted by Crippen LogP contribution is 2.43. The molecule has 8 aromatic carbocycles. The van der Waals surface area contributed by atoms with E-state index in [1.807, 2.05) is 12.1 Å². The highest BCUT2D eigenvalue weighted by molar-refractivity contribution is 6.33. The number of fused-ring (bicyclic) bond motifs is 9. The molecule has 0 aliphatic heterocycles. The van der Waals surface area contributed by atoms with Gasteiger partial charge in [0.05, 0.1) is 22.4 Å². The number of para-hydroxylation sites is 2. The van der Waals surface area contributed by atoms with Crippen LogP contribution in [-0.2, 0) is 0 Å². The number of pyridine rings is 1. The van der Waals surface area contributed by atoms with Crippen LogP contribution in [0.25, 0.3) is 99.2 Å². The standard InChI is InChI=1S/C47H29N3/c1-2-14-30(15-3-1)31-16-12-17-32(28-31)45-40-25-9-11-27-42(40)49-47(50-45)34-19-13-18-33(29-34)46-44-38-23-7-5-21-36(38)35-20-4-6-22-37(35)43(44)39-24-8-10-26-41(39)48-46/h1-29H. The average Bonchev–Trinajstić information content (AvgIpc) is 3.20. The summed E-state index contributed by atoms with van der Waals surface area (Å²) in [6.07, 6.45) is 0. The fourth-order valence-corrected chi connectivity index (χ4v) is 7.54. The van der Waals surface area contributed by atoms with Crippen LogP contribution in [0.3, 0.4) is 0 Å². The molecule has 0 amide bonds. The zero-order chi connectivity index (χ0) is 33.0. The monoisotopic (exact) mass is 635 g/mol. The van der Waals surface area contributed by atoms with Crippen LogP contribution in [0.5, 0.6) is 0 Å². The number of aromatic nitrogens is 3. The maximum absolute atomic E-state index is 5.38. The molecule has 50 heavy (non-hydrogen) atoms. The van der Waals surface area contributed by atoms with Crippen molar-refractivity contribution >= 4 is 54.1 Å². The van der Waals surface area contributed by atoms with E-state index in [1.54, 1.807) is 0 Å². The van der Waals surface area contributed by atoms with Crippen molar-refractivity contribution in [1.29, 1.82) is 0 Å². The summed E-state index contributed by atoms with van der Waals surface area (Å²) in [5.74, 6) is 0.686. The minimum absolute atomic E-state index is 0.686. The Morgan fingerprint density at radius 3 is 1.46 bits per heavy atom. The van der Waals surface area contributed by atoms with Gasteiger partial charge >= 0.3 is 0 Å². The largest absolute Gasteiger partial charge is 0.247 e. The number of nitrogens with zero attached hydrogens (tertiary/aromatic N) is 3. The fourth-order valence-electron chi connectivity index (χ4n) is 7.54. The van der Waals surface area contributed by atoms with Gasteiger partial charge in [0.25, 0.3) is 0 Å². The summed E-state index contributed by atoms with van der Waals surface area (Å²) in [6, 6.07) is 61.9. The number of hydrogen-bond acceptors (Lipinski definition) is 3. The molecule has 0 bridgehead atoms.